The number of nitrogens with one attached hydrogen (secondary N) is 1. The molecule has 0 aliphatic carbocycles. The van der Waals surface area contributed by atoms with E-state index in [2.05, 4.69) is 5.32 Å². The van der Waals surface area contributed by atoms with Gasteiger partial charge < -0.3 is 10.4 Å². The molecule has 0 spiro atoms. The molecule has 0 aliphatic rings. The van der Waals surface area contributed by atoms with Crippen LogP contribution in [0.5, 0.6) is 0 Å². The molecule has 3 nitrogen and oxygen atoms in total. The third-order valence-electron chi connectivity index (χ3n) is 2.72. The first kappa shape index (κ1) is 13.5. The van der Waals surface area contributed by atoms with Gasteiger partial charge in [0.15, 0.2) is 0 Å². The van der Waals surface area contributed by atoms with Crippen molar-refractivity contribution in [3.63, 3.8) is 0 Å². The number of rotatable bonds is 3. The van der Waals surface area contributed by atoms with Gasteiger partial charge in [-0.05, 0) is 31.7 Å². The van der Waals surface area contributed by atoms with Crippen molar-refractivity contribution in [3.05, 3.63) is 35.4 Å². The minimum Gasteiger partial charge on any atom is -0.480 e. The molecular formula is C11H12F3NO2. The van der Waals surface area contributed by atoms with E-state index in [0.29, 0.717) is 0 Å². The van der Waals surface area contributed by atoms with E-state index in [9.17, 15) is 18.0 Å². The summed E-state index contributed by atoms with van der Waals surface area (Å²) in [5, 5.41) is 11.6. The van der Waals surface area contributed by atoms with E-state index >= 15 is 0 Å². The van der Waals surface area contributed by atoms with Crippen molar-refractivity contribution in [2.75, 3.05) is 7.05 Å². The van der Waals surface area contributed by atoms with Gasteiger partial charge in [0.25, 0.3) is 0 Å². The zero-order valence-electron chi connectivity index (χ0n) is 9.30. The lowest BCUT2D eigenvalue weighted by molar-refractivity contribution is -0.144. The van der Waals surface area contributed by atoms with Gasteiger partial charge in [-0.15, -0.1) is 0 Å². The molecule has 1 unspecified atom stereocenters. The average Bonchev–Trinajstić information content (AvgIpc) is 2.26. The highest BCUT2D eigenvalue weighted by Crippen LogP contribution is 2.30. The minimum atomic E-state index is -4.42. The van der Waals surface area contributed by atoms with Gasteiger partial charge >= 0.3 is 12.1 Å². The fraction of sp³-hybridized carbons (Fsp3) is 0.364. The van der Waals surface area contributed by atoms with Crippen LogP contribution in [0, 0.1) is 0 Å². The number of hydrogen-bond acceptors (Lipinski definition) is 2. The van der Waals surface area contributed by atoms with Crippen molar-refractivity contribution in [3.8, 4) is 0 Å². The summed E-state index contributed by atoms with van der Waals surface area (Å²) in [7, 11) is 1.44. The Morgan fingerprint density at radius 2 is 1.59 bits per heavy atom. The Morgan fingerprint density at radius 1 is 1.18 bits per heavy atom. The summed E-state index contributed by atoms with van der Waals surface area (Å²) < 4.78 is 37.0. The van der Waals surface area contributed by atoms with E-state index in [1.54, 1.807) is 0 Å². The first-order valence-electron chi connectivity index (χ1n) is 4.82. The van der Waals surface area contributed by atoms with Gasteiger partial charge in [0.2, 0.25) is 0 Å². The number of likely N-dealkylation sites (N-methyl/N-ethyl adjacent to an activating group) is 1. The van der Waals surface area contributed by atoms with Crippen molar-refractivity contribution < 1.29 is 23.1 Å². The van der Waals surface area contributed by atoms with Crippen LogP contribution in [0.4, 0.5) is 13.2 Å². The molecule has 0 aliphatic heterocycles. The maximum Gasteiger partial charge on any atom is 0.416 e. The quantitative estimate of drug-likeness (QED) is 0.861. The Labute approximate surface area is 96.3 Å². The molecule has 2 N–H and O–H groups in total. The van der Waals surface area contributed by atoms with Crippen LogP contribution < -0.4 is 5.32 Å². The monoisotopic (exact) mass is 247 g/mol. The molecule has 6 heteroatoms. The fourth-order valence-electron chi connectivity index (χ4n) is 1.37. The topological polar surface area (TPSA) is 49.3 Å². The summed E-state index contributed by atoms with van der Waals surface area (Å²) in [6, 6.07) is 4.06. The molecule has 17 heavy (non-hydrogen) atoms. The Hall–Kier alpha value is -1.56. The summed E-state index contributed by atoms with van der Waals surface area (Å²) in [5.74, 6) is -1.15. The first-order valence-corrected chi connectivity index (χ1v) is 4.82. The molecule has 0 saturated carbocycles. The highest BCUT2D eigenvalue weighted by atomic mass is 19.4. The molecule has 1 rings (SSSR count). The Bertz CT molecular complexity index is 414. The number of carboxylic acids is 1. The highest BCUT2D eigenvalue weighted by molar-refractivity contribution is 5.80. The molecule has 0 fully saturated rings. The number of benzene rings is 1. The second-order valence-electron chi connectivity index (χ2n) is 3.76. The van der Waals surface area contributed by atoms with Gasteiger partial charge in [0.1, 0.15) is 5.54 Å². The molecule has 0 bridgehead atoms. The van der Waals surface area contributed by atoms with Gasteiger partial charge in [-0.25, -0.2) is 4.79 Å². The van der Waals surface area contributed by atoms with Gasteiger partial charge in [-0.3, -0.25) is 0 Å². The highest BCUT2D eigenvalue weighted by Gasteiger charge is 2.35. The molecule has 0 heterocycles. The second-order valence-corrected chi connectivity index (χ2v) is 3.76. The Morgan fingerprint density at radius 3 is 1.88 bits per heavy atom. The largest absolute Gasteiger partial charge is 0.480 e. The summed E-state index contributed by atoms with van der Waals surface area (Å²) >= 11 is 0. The number of carbonyl (C=O) groups is 1. The number of carboxylic acid groups (broad SMARTS) is 1. The van der Waals surface area contributed by atoms with Crippen LogP contribution >= 0.6 is 0 Å². The minimum absolute atomic E-state index is 0.264. The van der Waals surface area contributed by atoms with Crippen molar-refractivity contribution in [2.24, 2.45) is 0 Å². The van der Waals surface area contributed by atoms with Crippen LogP contribution in [-0.2, 0) is 16.5 Å². The SMILES string of the molecule is CNC(C)(C(=O)O)c1ccc(C(F)(F)F)cc1. The molecule has 1 atom stereocenters. The lowest BCUT2D eigenvalue weighted by atomic mass is 9.91. The van der Waals surface area contributed by atoms with Crippen LogP contribution in [-0.4, -0.2) is 18.1 Å². The summed E-state index contributed by atoms with van der Waals surface area (Å²) in [6.07, 6.45) is -4.42. The van der Waals surface area contributed by atoms with Crippen molar-refractivity contribution >= 4 is 5.97 Å². The third kappa shape index (κ3) is 2.58. The van der Waals surface area contributed by atoms with Crippen molar-refractivity contribution in [1.29, 1.82) is 0 Å². The van der Waals surface area contributed by atoms with E-state index in [1.807, 2.05) is 0 Å². The zero-order valence-corrected chi connectivity index (χ0v) is 9.30. The van der Waals surface area contributed by atoms with E-state index in [4.69, 9.17) is 5.11 Å². The van der Waals surface area contributed by atoms with Crippen LogP contribution in [0.2, 0.25) is 0 Å². The van der Waals surface area contributed by atoms with Crippen molar-refractivity contribution in [1.82, 2.24) is 5.32 Å². The normalized spacial score (nSPS) is 15.4. The summed E-state index contributed by atoms with van der Waals surface area (Å²) in [6.45, 7) is 1.39. The number of hydrogen-bond donors (Lipinski definition) is 2. The number of aliphatic carboxylic acids is 1. The average molecular weight is 247 g/mol. The Kier molecular flexibility index (Phi) is 3.47. The lowest BCUT2D eigenvalue weighted by Gasteiger charge is -2.25. The molecule has 0 radical (unpaired) electrons. The first-order chi connectivity index (χ1) is 7.71. The number of halogens is 3. The predicted octanol–water partition coefficient (Wildman–Crippen LogP) is 2.22. The standard InChI is InChI=1S/C11H12F3NO2/c1-10(15-2,9(16)17)7-3-5-8(6-4-7)11(12,13)14/h3-6,15H,1-2H3,(H,16,17). The van der Waals surface area contributed by atoms with Crippen LogP contribution in [0.15, 0.2) is 24.3 Å². The van der Waals surface area contributed by atoms with E-state index in [-0.39, 0.29) is 5.56 Å². The van der Waals surface area contributed by atoms with Gasteiger partial charge in [-0.1, -0.05) is 12.1 Å². The smallest absolute Gasteiger partial charge is 0.416 e. The maximum absolute atomic E-state index is 12.3. The molecule has 0 aromatic heterocycles. The summed E-state index contributed by atoms with van der Waals surface area (Å²) in [4.78, 5) is 11.0. The van der Waals surface area contributed by atoms with Crippen LogP contribution in [0.3, 0.4) is 0 Å². The van der Waals surface area contributed by atoms with E-state index < -0.39 is 23.2 Å². The van der Waals surface area contributed by atoms with E-state index in [0.717, 1.165) is 24.3 Å². The molecule has 1 aromatic carbocycles. The molecular weight excluding hydrogens is 235 g/mol. The maximum atomic E-state index is 12.3. The zero-order chi connectivity index (χ0) is 13.3. The summed E-state index contributed by atoms with van der Waals surface area (Å²) in [5.41, 5.74) is -1.94. The third-order valence-corrected chi connectivity index (χ3v) is 2.72. The van der Waals surface area contributed by atoms with Gasteiger partial charge in [0, 0.05) is 0 Å². The lowest BCUT2D eigenvalue weighted by Crippen LogP contribution is -2.44. The van der Waals surface area contributed by atoms with Gasteiger partial charge in [-0.2, -0.15) is 13.2 Å². The van der Waals surface area contributed by atoms with E-state index in [1.165, 1.54) is 14.0 Å². The van der Waals surface area contributed by atoms with Gasteiger partial charge in [0.05, 0.1) is 5.56 Å². The Balaban J connectivity index is 3.14. The van der Waals surface area contributed by atoms with Crippen molar-refractivity contribution in [2.45, 2.75) is 18.6 Å². The molecule has 0 saturated heterocycles. The molecule has 0 amide bonds. The fourth-order valence-corrected chi connectivity index (χ4v) is 1.37. The number of alkyl halides is 3. The second kappa shape index (κ2) is 4.37. The van der Waals surface area contributed by atoms with Crippen LogP contribution in [0.25, 0.3) is 0 Å². The molecule has 94 valence electrons. The molecule has 1 aromatic rings. The van der Waals surface area contributed by atoms with Crippen LogP contribution in [0.1, 0.15) is 18.1 Å². The predicted molar refractivity (Wildman–Crippen MR) is 55.5 cm³/mol.